The first-order valence-corrected chi connectivity index (χ1v) is 1.07. The van der Waals surface area contributed by atoms with Crippen molar-refractivity contribution in [3.8, 4) is 0 Å². The van der Waals surface area contributed by atoms with E-state index >= 15 is 0 Å². The van der Waals surface area contributed by atoms with Gasteiger partial charge in [-0.05, 0) is 0 Å². The SMILES string of the molecule is O.O=C([O-])C(=O)[O-].[Li+].[Ti+4]. The smallest absolute Gasteiger partial charge is 0.543 e. The molecule has 2 N–H and O–H groups in total. The van der Waals surface area contributed by atoms with Crippen LogP contribution in [0.3, 0.4) is 0 Å². The molecule has 0 saturated carbocycles. The van der Waals surface area contributed by atoms with E-state index in [1.165, 1.54) is 0 Å². The number of carbonyl (C=O) groups is 2. The monoisotopic (exact) mass is 161 g/mol. The summed E-state index contributed by atoms with van der Waals surface area (Å²) in [5.74, 6) is -4.37. The molecule has 0 heterocycles. The van der Waals surface area contributed by atoms with E-state index in [0.717, 1.165) is 0 Å². The molecule has 0 amide bonds. The first kappa shape index (κ1) is 22.9. The second-order valence-electron chi connectivity index (χ2n) is 0.575. The van der Waals surface area contributed by atoms with Gasteiger partial charge in [-0.3, -0.25) is 0 Å². The third-order valence-corrected chi connectivity index (χ3v) is 0.167. The molecule has 0 aliphatic carbocycles. The zero-order chi connectivity index (χ0) is 5.15. The Kier molecular flexibility index (Phi) is 28.1. The van der Waals surface area contributed by atoms with Gasteiger partial charge in [0.2, 0.25) is 0 Å². The number of carboxylic acid groups (broad SMARTS) is 2. The van der Waals surface area contributed by atoms with Gasteiger partial charge in [-0.2, -0.15) is 0 Å². The predicted octanol–water partition coefficient (Wildman–Crippen LogP) is -7.34. The van der Waals surface area contributed by atoms with Crippen LogP contribution in [0.2, 0.25) is 0 Å². The van der Waals surface area contributed by atoms with Gasteiger partial charge in [-0.15, -0.1) is 0 Å². The fourth-order valence-corrected chi connectivity index (χ4v) is 0. The summed E-state index contributed by atoms with van der Waals surface area (Å²) in [6.07, 6.45) is 0. The number of hydrogen-bond acceptors (Lipinski definition) is 4. The third-order valence-electron chi connectivity index (χ3n) is 0.167. The zero-order valence-corrected chi connectivity index (χ0v) is 6.19. The Balaban J connectivity index is -0.0000000417. The average Bonchev–Trinajstić information content (AvgIpc) is 1.36. The molecule has 0 rings (SSSR count). The molecule has 0 unspecified atom stereocenters. The van der Waals surface area contributed by atoms with Gasteiger partial charge in [-0.25, -0.2) is 0 Å². The normalized spacial score (nSPS) is 4.89. The van der Waals surface area contributed by atoms with Gasteiger partial charge in [0.05, 0.1) is 11.9 Å². The van der Waals surface area contributed by atoms with E-state index in [1.54, 1.807) is 0 Å². The van der Waals surface area contributed by atoms with Gasteiger partial charge >= 0.3 is 40.6 Å². The molecule has 0 atom stereocenters. The van der Waals surface area contributed by atoms with Gasteiger partial charge < -0.3 is 25.3 Å². The summed E-state index contributed by atoms with van der Waals surface area (Å²) >= 11 is 0. The fourth-order valence-electron chi connectivity index (χ4n) is 0. The predicted molar refractivity (Wildman–Crippen MR) is 13.6 cm³/mol. The van der Waals surface area contributed by atoms with Crippen LogP contribution >= 0.6 is 0 Å². The molecule has 9 heavy (non-hydrogen) atoms. The van der Waals surface area contributed by atoms with Gasteiger partial charge in [0.15, 0.2) is 0 Å². The molecule has 0 spiro atoms. The van der Waals surface area contributed by atoms with Crippen molar-refractivity contribution in [3.63, 3.8) is 0 Å². The number of hydrogen-bond donors (Lipinski definition) is 0. The van der Waals surface area contributed by atoms with Crippen molar-refractivity contribution in [2.45, 2.75) is 0 Å². The van der Waals surface area contributed by atoms with Gasteiger partial charge in [0, 0.05) is 0 Å². The Labute approximate surface area is 77.8 Å². The Hall–Kier alpha value is 0.212. The van der Waals surface area contributed by atoms with Crippen LogP contribution in [0.25, 0.3) is 0 Å². The molecular weight excluding hydrogens is 159 g/mol. The van der Waals surface area contributed by atoms with E-state index in [4.69, 9.17) is 19.8 Å². The molecule has 5 nitrogen and oxygen atoms in total. The summed E-state index contributed by atoms with van der Waals surface area (Å²) in [5.41, 5.74) is 0. The van der Waals surface area contributed by atoms with Crippen LogP contribution < -0.4 is 29.1 Å². The number of aliphatic carboxylic acids is 2. The van der Waals surface area contributed by atoms with E-state index in [-0.39, 0.29) is 46.1 Å². The molecule has 0 aromatic heterocycles. The Bertz CT molecular complexity index is 81.0. The van der Waals surface area contributed by atoms with E-state index in [0.29, 0.717) is 0 Å². The molecule has 0 aromatic carbocycles. The standard InChI is InChI=1S/C2H2O4.Li.H2O.Ti/c3-1(4)2(5)6;;;/h(H,3,4)(H,5,6);;1H2;/q;+1;;+4/p-2. The van der Waals surface area contributed by atoms with Crippen molar-refractivity contribution in [2.75, 3.05) is 0 Å². The molecule has 0 fully saturated rings. The maximum Gasteiger partial charge on any atom is 4.00 e. The number of rotatable bonds is 0. The zero-order valence-electron chi connectivity index (χ0n) is 4.63. The fraction of sp³-hybridized carbons (Fsp3) is 0. The van der Waals surface area contributed by atoms with E-state index in [9.17, 15) is 0 Å². The minimum Gasteiger partial charge on any atom is -0.543 e. The van der Waals surface area contributed by atoms with Gasteiger partial charge in [0.25, 0.3) is 0 Å². The molecule has 0 saturated heterocycles. The van der Waals surface area contributed by atoms with Crippen LogP contribution in [-0.4, -0.2) is 17.4 Å². The van der Waals surface area contributed by atoms with Crippen molar-refractivity contribution >= 4 is 11.9 Å². The van der Waals surface area contributed by atoms with Crippen LogP contribution in [0.4, 0.5) is 0 Å². The molecular formula is C2H2LiO5Ti+3. The second kappa shape index (κ2) is 11.1. The van der Waals surface area contributed by atoms with Crippen LogP contribution in [0.15, 0.2) is 0 Å². The van der Waals surface area contributed by atoms with Crippen molar-refractivity contribution in [1.29, 1.82) is 0 Å². The summed E-state index contributed by atoms with van der Waals surface area (Å²) < 4.78 is 0. The molecule has 0 bridgehead atoms. The van der Waals surface area contributed by atoms with Gasteiger partial charge in [-0.1, -0.05) is 0 Å². The topological polar surface area (TPSA) is 112 Å². The first-order valence-electron chi connectivity index (χ1n) is 1.07. The van der Waals surface area contributed by atoms with E-state index in [2.05, 4.69) is 0 Å². The van der Waals surface area contributed by atoms with Crippen LogP contribution in [0.5, 0.6) is 0 Å². The van der Waals surface area contributed by atoms with Crippen molar-refractivity contribution in [1.82, 2.24) is 0 Å². The Morgan fingerprint density at radius 2 is 1.11 bits per heavy atom. The summed E-state index contributed by atoms with van der Waals surface area (Å²) in [6, 6.07) is 0. The Morgan fingerprint density at radius 3 is 1.11 bits per heavy atom. The minimum absolute atomic E-state index is 0. The van der Waals surface area contributed by atoms with Crippen LogP contribution in [0.1, 0.15) is 0 Å². The summed E-state index contributed by atoms with van der Waals surface area (Å²) in [6.45, 7) is 0. The summed E-state index contributed by atoms with van der Waals surface area (Å²) in [7, 11) is 0. The third kappa shape index (κ3) is 17.9. The summed E-state index contributed by atoms with van der Waals surface area (Å²) in [4.78, 5) is 17.9. The molecule has 0 aliphatic rings. The molecule has 0 aromatic rings. The average molecular weight is 161 g/mol. The molecule has 0 aliphatic heterocycles. The largest absolute Gasteiger partial charge is 4.00 e. The summed E-state index contributed by atoms with van der Waals surface area (Å²) in [5, 5.41) is 17.9. The maximum atomic E-state index is 8.93. The molecule has 42 valence electrons. The molecule has 0 radical (unpaired) electrons. The van der Waals surface area contributed by atoms with Crippen molar-refractivity contribution < 1.29 is 65.9 Å². The number of carbonyl (C=O) groups excluding carboxylic acids is 2. The molecule has 7 heteroatoms. The quantitative estimate of drug-likeness (QED) is 0.259. The van der Waals surface area contributed by atoms with E-state index < -0.39 is 11.9 Å². The first-order chi connectivity index (χ1) is 2.64. The van der Waals surface area contributed by atoms with Crippen LogP contribution in [0, 0.1) is 0 Å². The minimum atomic E-state index is -2.19. The van der Waals surface area contributed by atoms with Crippen LogP contribution in [-0.2, 0) is 31.3 Å². The maximum absolute atomic E-state index is 8.93. The second-order valence-corrected chi connectivity index (χ2v) is 0.575. The van der Waals surface area contributed by atoms with Crippen molar-refractivity contribution in [3.05, 3.63) is 0 Å². The number of carboxylic acids is 2. The van der Waals surface area contributed by atoms with Gasteiger partial charge in [0.1, 0.15) is 0 Å². The van der Waals surface area contributed by atoms with Crippen molar-refractivity contribution in [2.24, 2.45) is 0 Å². The van der Waals surface area contributed by atoms with E-state index in [1.807, 2.05) is 0 Å². The Morgan fingerprint density at radius 1 is 1.00 bits per heavy atom.